The number of aliphatic hydroxyl groups excluding tert-OH is 1. The fraction of sp³-hybridized carbons (Fsp3) is 0.190. The molecule has 0 amide bonds. The molecule has 0 saturated carbocycles. The molecule has 1 N–H and O–H groups in total. The number of benzene rings is 2. The summed E-state index contributed by atoms with van der Waals surface area (Å²) in [6.45, 7) is 4.11. The lowest BCUT2D eigenvalue weighted by Gasteiger charge is -2.18. The average Bonchev–Trinajstić information content (AvgIpc) is 2.66. The predicted molar refractivity (Wildman–Crippen MR) is 105 cm³/mol. The Kier molecular flexibility index (Phi) is 6.77. The van der Waals surface area contributed by atoms with Gasteiger partial charge >= 0.3 is 8.60 Å². The van der Waals surface area contributed by atoms with Crippen LogP contribution in [0.2, 0.25) is 0 Å². The molecule has 0 saturated heterocycles. The summed E-state index contributed by atoms with van der Waals surface area (Å²) in [7, 11) is -1.68. The molecule has 2 aromatic carbocycles. The van der Waals surface area contributed by atoms with E-state index in [0.717, 1.165) is 11.1 Å². The minimum atomic E-state index is -1.68. The van der Waals surface area contributed by atoms with E-state index in [-0.39, 0.29) is 13.2 Å². The highest BCUT2D eigenvalue weighted by atomic mass is 31.2. The Morgan fingerprint density at radius 1 is 0.815 bits per heavy atom. The molecule has 3 aromatic rings. The summed E-state index contributed by atoms with van der Waals surface area (Å²) in [4.78, 5) is 4.33. The number of rotatable bonds is 8. The molecule has 0 spiro atoms. The molecule has 5 nitrogen and oxygen atoms in total. The molecule has 0 aliphatic rings. The molecule has 3 rings (SSSR count). The molecule has 1 aromatic heterocycles. The van der Waals surface area contributed by atoms with Crippen LogP contribution in [0.5, 0.6) is 11.5 Å². The molecule has 0 unspecified atom stereocenters. The lowest BCUT2D eigenvalue weighted by atomic mass is 10.2. The van der Waals surface area contributed by atoms with E-state index in [9.17, 15) is 5.11 Å². The van der Waals surface area contributed by atoms with Crippen molar-refractivity contribution < 1.29 is 18.7 Å². The Labute approximate surface area is 160 Å². The summed E-state index contributed by atoms with van der Waals surface area (Å²) in [5.41, 5.74) is 3.49. The highest BCUT2D eigenvalue weighted by molar-refractivity contribution is 7.42. The van der Waals surface area contributed by atoms with Crippen molar-refractivity contribution >= 4 is 8.60 Å². The Hall–Kier alpha value is -2.46. The van der Waals surface area contributed by atoms with Crippen LogP contribution in [0.3, 0.4) is 0 Å². The van der Waals surface area contributed by atoms with Gasteiger partial charge in [-0.2, -0.15) is 0 Å². The Morgan fingerprint density at radius 3 is 1.93 bits per heavy atom. The second kappa shape index (κ2) is 9.47. The fourth-order valence-electron chi connectivity index (χ4n) is 2.40. The first-order valence-electron chi connectivity index (χ1n) is 8.60. The molecular weight excluding hydrogens is 361 g/mol. The van der Waals surface area contributed by atoms with Gasteiger partial charge in [-0.05, 0) is 61.4 Å². The first-order chi connectivity index (χ1) is 13.1. The van der Waals surface area contributed by atoms with Crippen molar-refractivity contribution in [3.8, 4) is 11.5 Å². The largest absolute Gasteiger partial charge is 0.463 e. The lowest BCUT2D eigenvalue weighted by Crippen LogP contribution is -2.03. The summed E-state index contributed by atoms with van der Waals surface area (Å²) < 4.78 is 17.8. The summed E-state index contributed by atoms with van der Waals surface area (Å²) in [5, 5.41) is 9.23. The van der Waals surface area contributed by atoms with E-state index in [1.54, 1.807) is 6.07 Å². The molecule has 0 bridgehead atoms. The Bertz CT molecular complexity index is 840. The van der Waals surface area contributed by atoms with Gasteiger partial charge < -0.3 is 14.2 Å². The van der Waals surface area contributed by atoms with E-state index in [4.69, 9.17) is 13.6 Å². The number of nitrogens with zero attached hydrogens (tertiary/aromatic N) is 1. The average molecular weight is 383 g/mol. The number of aryl methyl sites for hydroxylation is 2. The van der Waals surface area contributed by atoms with Crippen LogP contribution in [0.4, 0.5) is 0 Å². The maximum atomic E-state index is 9.23. The Morgan fingerprint density at radius 2 is 1.37 bits per heavy atom. The second-order valence-electron chi connectivity index (χ2n) is 6.09. The van der Waals surface area contributed by atoms with Crippen LogP contribution in [0.25, 0.3) is 0 Å². The van der Waals surface area contributed by atoms with Crippen LogP contribution in [0, 0.1) is 13.8 Å². The number of hydrogen-bond donors (Lipinski definition) is 1. The number of hydrogen-bond acceptors (Lipinski definition) is 5. The molecule has 27 heavy (non-hydrogen) atoms. The molecule has 0 atom stereocenters. The Balaban J connectivity index is 1.73. The lowest BCUT2D eigenvalue weighted by molar-refractivity contribution is 0.250. The smallest absolute Gasteiger partial charge is 0.418 e. The van der Waals surface area contributed by atoms with Gasteiger partial charge in [0.05, 0.1) is 24.6 Å². The van der Waals surface area contributed by atoms with E-state index in [0.29, 0.717) is 22.9 Å². The molecule has 0 aliphatic heterocycles. The minimum absolute atomic E-state index is 0.109. The van der Waals surface area contributed by atoms with Gasteiger partial charge in [0.15, 0.2) is 0 Å². The van der Waals surface area contributed by atoms with Crippen molar-refractivity contribution in [2.45, 2.75) is 27.1 Å². The molecule has 0 fully saturated rings. The summed E-state index contributed by atoms with van der Waals surface area (Å²) in [6.07, 6.45) is 0. The highest BCUT2D eigenvalue weighted by Crippen LogP contribution is 2.42. The van der Waals surface area contributed by atoms with Gasteiger partial charge in [0.25, 0.3) is 0 Å². The summed E-state index contributed by atoms with van der Waals surface area (Å²) in [5.74, 6) is 1.37. The van der Waals surface area contributed by atoms with Crippen LogP contribution in [0.1, 0.15) is 22.5 Å². The van der Waals surface area contributed by atoms with Gasteiger partial charge in [-0.15, -0.1) is 0 Å². The van der Waals surface area contributed by atoms with Gasteiger partial charge in [0, 0.05) is 0 Å². The first kappa shape index (κ1) is 19.3. The van der Waals surface area contributed by atoms with Gasteiger partial charge in [-0.1, -0.05) is 30.3 Å². The highest BCUT2D eigenvalue weighted by Gasteiger charge is 2.18. The second-order valence-corrected chi connectivity index (χ2v) is 7.16. The quantitative estimate of drug-likeness (QED) is 0.549. The number of pyridine rings is 1. The van der Waals surface area contributed by atoms with Crippen LogP contribution in [0.15, 0.2) is 66.7 Å². The topological polar surface area (TPSA) is 60.8 Å². The third-order valence-corrected chi connectivity index (χ3v) is 4.74. The van der Waals surface area contributed by atoms with Crippen LogP contribution in [-0.2, 0) is 17.7 Å². The van der Waals surface area contributed by atoms with Crippen LogP contribution >= 0.6 is 8.60 Å². The summed E-state index contributed by atoms with van der Waals surface area (Å²) in [6, 6.07) is 20.9. The van der Waals surface area contributed by atoms with Crippen LogP contribution < -0.4 is 9.05 Å². The maximum absolute atomic E-state index is 9.23. The molecule has 1 heterocycles. The SMILES string of the molecule is Cc1cccc(OP(OCc2cccc(CO)n2)Oc2cccc(C)c2)c1. The molecule has 0 aliphatic carbocycles. The first-order valence-corrected chi connectivity index (χ1v) is 9.70. The van der Waals surface area contributed by atoms with Crippen molar-refractivity contribution in [2.75, 3.05) is 0 Å². The third-order valence-electron chi connectivity index (χ3n) is 3.68. The van der Waals surface area contributed by atoms with Crippen molar-refractivity contribution in [1.82, 2.24) is 4.98 Å². The van der Waals surface area contributed by atoms with Gasteiger partial charge in [0.1, 0.15) is 11.5 Å². The third kappa shape index (κ3) is 6.04. The van der Waals surface area contributed by atoms with Crippen molar-refractivity contribution in [3.05, 3.63) is 89.2 Å². The minimum Gasteiger partial charge on any atom is -0.418 e. The van der Waals surface area contributed by atoms with Crippen LogP contribution in [-0.4, -0.2) is 10.1 Å². The zero-order chi connectivity index (χ0) is 19.1. The van der Waals surface area contributed by atoms with Gasteiger partial charge in [-0.25, -0.2) is 0 Å². The maximum Gasteiger partial charge on any atom is 0.463 e. The number of aliphatic hydroxyl groups is 1. The molecular formula is C21H22NO4P. The molecule has 0 radical (unpaired) electrons. The van der Waals surface area contributed by atoms with Gasteiger partial charge in [0.2, 0.25) is 0 Å². The van der Waals surface area contributed by atoms with E-state index in [1.165, 1.54) is 0 Å². The molecule has 140 valence electrons. The number of aromatic nitrogens is 1. The zero-order valence-corrected chi connectivity index (χ0v) is 16.2. The van der Waals surface area contributed by atoms with Crippen molar-refractivity contribution in [2.24, 2.45) is 0 Å². The van der Waals surface area contributed by atoms with Crippen molar-refractivity contribution in [1.29, 1.82) is 0 Å². The van der Waals surface area contributed by atoms with Gasteiger partial charge in [-0.3, -0.25) is 9.51 Å². The fourth-order valence-corrected chi connectivity index (χ4v) is 3.36. The summed E-state index contributed by atoms with van der Waals surface area (Å²) >= 11 is 0. The van der Waals surface area contributed by atoms with Crippen molar-refractivity contribution in [3.63, 3.8) is 0 Å². The predicted octanol–water partition coefficient (Wildman–Crippen LogP) is 5.09. The molecule has 6 heteroatoms. The standard InChI is InChI=1S/C21H22NO4P/c1-16-6-3-10-20(12-16)25-27(26-21-11-4-7-17(2)13-21)24-15-19-9-5-8-18(14-23)22-19/h3-13,23H,14-15H2,1-2H3. The van der Waals surface area contributed by atoms with E-state index < -0.39 is 8.60 Å². The van der Waals surface area contributed by atoms with E-state index in [2.05, 4.69) is 4.98 Å². The normalized spacial score (nSPS) is 10.8. The monoisotopic (exact) mass is 383 g/mol. The zero-order valence-electron chi connectivity index (χ0n) is 15.3. The van der Waals surface area contributed by atoms with E-state index >= 15 is 0 Å². The van der Waals surface area contributed by atoms with E-state index in [1.807, 2.05) is 74.5 Å².